The lowest BCUT2D eigenvalue weighted by atomic mass is 10.2. The van der Waals surface area contributed by atoms with Crippen LogP contribution in [0.2, 0.25) is 5.02 Å². The van der Waals surface area contributed by atoms with Crippen LogP contribution in [0, 0.1) is 5.82 Å². The number of amides is 1. The van der Waals surface area contributed by atoms with E-state index in [1.54, 1.807) is 29.4 Å². The van der Waals surface area contributed by atoms with E-state index in [1.807, 2.05) is 0 Å². The average molecular weight is 481 g/mol. The van der Waals surface area contributed by atoms with Crippen molar-refractivity contribution in [3.63, 3.8) is 0 Å². The smallest absolute Gasteiger partial charge is 0.321 e. The van der Waals surface area contributed by atoms with Gasteiger partial charge in [0.1, 0.15) is 17.8 Å². The summed E-state index contributed by atoms with van der Waals surface area (Å²) in [5.41, 5.74) is 0.907. The third-order valence-electron chi connectivity index (χ3n) is 4.40. The molecule has 0 fully saturated rings. The summed E-state index contributed by atoms with van der Waals surface area (Å²) in [6.45, 7) is 0. The fraction of sp³-hybridized carbons (Fsp3) is 0.111. The maximum absolute atomic E-state index is 13.4. The van der Waals surface area contributed by atoms with Crippen molar-refractivity contribution in [3.8, 4) is 11.4 Å². The number of nitrogens with one attached hydrogen (secondary N) is 1. The molecule has 2 aromatic heterocycles. The summed E-state index contributed by atoms with van der Waals surface area (Å²) in [6.07, 6.45) is 2.92. The SMILES string of the molecule is CN1C(C(=O)Nc2ccc(F)c(Cl)c2)=CC(c2cc(-c3nncn3C)cs2)=NS1(=O)=O. The van der Waals surface area contributed by atoms with Crippen molar-refractivity contribution in [2.24, 2.45) is 11.4 Å². The van der Waals surface area contributed by atoms with E-state index < -0.39 is 21.9 Å². The van der Waals surface area contributed by atoms with Gasteiger partial charge in [-0.1, -0.05) is 11.6 Å². The number of carbonyl (C=O) groups excluding carboxylic acids is 1. The molecule has 4 rings (SSSR count). The van der Waals surface area contributed by atoms with Gasteiger partial charge in [0.05, 0.1) is 15.6 Å². The summed E-state index contributed by atoms with van der Waals surface area (Å²) in [7, 11) is -1.13. The van der Waals surface area contributed by atoms with Crippen LogP contribution >= 0.6 is 22.9 Å². The molecule has 1 amide bonds. The average Bonchev–Trinajstić information content (AvgIpc) is 3.35. The molecule has 31 heavy (non-hydrogen) atoms. The molecular formula is C18H14ClFN6O3S2. The summed E-state index contributed by atoms with van der Waals surface area (Å²) in [5.74, 6) is -0.748. The van der Waals surface area contributed by atoms with E-state index >= 15 is 0 Å². The van der Waals surface area contributed by atoms with Crippen molar-refractivity contribution in [1.29, 1.82) is 0 Å². The first kappa shape index (κ1) is 21.2. The number of anilines is 1. The van der Waals surface area contributed by atoms with E-state index in [2.05, 4.69) is 19.9 Å². The summed E-state index contributed by atoms with van der Waals surface area (Å²) >= 11 is 7.00. The van der Waals surface area contributed by atoms with E-state index in [-0.39, 0.29) is 22.1 Å². The second-order valence-electron chi connectivity index (χ2n) is 6.50. The lowest BCUT2D eigenvalue weighted by Gasteiger charge is -2.23. The Hall–Kier alpha value is -3.09. The molecule has 0 spiro atoms. The lowest BCUT2D eigenvalue weighted by molar-refractivity contribution is -0.113. The number of hydrogen-bond donors (Lipinski definition) is 1. The Labute approximate surface area is 185 Å². The Kier molecular flexibility index (Phi) is 5.37. The van der Waals surface area contributed by atoms with E-state index in [1.165, 1.54) is 36.6 Å². The molecular weight excluding hydrogens is 467 g/mol. The normalized spacial score (nSPS) is 15.4. The lowest BCUT2D eigenvalue weighted by Crippen LogP contribution is -2.35. The number of aromatic nitrogens is 3. The number of likely N-dealkylation sites (N-methyl/N-ethyl adjacent to an activating group) is 1. The Morgan fingerprint density at radius 2 is 2.03 bits per heavy atom. The van der Waals surface area contributed by atoms with Crippen LogP contribution in [0.3, 0.4) is 0 Å². The Bertz CT molecular complexity index is 1360. The molecule has 1 N–H and O–H groups in total. The molecule has 13 heteroatoms. The predicted molar refractivity (Wildman–Crippen MR) is 116 cm³/mol. The number of rotatable bonds is 4. The zero-order valence-electron chi connectivity index (χ0n) is 16.1. The van der Waals surface area contributed by atoms with Gasteiger partial charge >= 0.3 is 10.2 Å². The van der Waals surface area contributed by atoms with Gasteiger partial charge in [0.15, 0.2) is 5.82 Å². The minimum absolute atomic E-state index is 0.110. The largest absolute Gasteiger partial charge is 0.345 e. The number of allylic oxidation sites excluding steroid dienone is 1. The molecule has 3 heterocycles. The van der Waals surface area contributed by atoms with Gasteiger partial charge in [0, 0.05) is 30.7 Å². The first-order chi connectivity index (χ1) is 14.7. The maximum atomic E-state index is 13.4. The van der Waals surface area contributed by atoms with Crippen LogP contribution in [0.15, 0.2) is 52.1 Å². The zero-order chi connectivity index (χ0) is 22.3. The Morgan fingerprint density at radius 3 is 2.71 bits per heavy atom. The van der Waals surface area contributed by atoms with Crippen LogP contribution in [0.1, 0.15) is 4.88 Å². The van der Waals surface area contributed by atoms with Gasteiger partial charge < -0.3 is 9.88 Å². The van der Waals surface area contributed by atoms with Crippen LogP contribution in [0.4, 0.5) is 10.1 Å². The highest BCUT2D eigenvalue weighted by Gasteiger charge is 2.30. The van der Waals surface area contributed by atoms with E-state index in [0.717, 1.165) is 15.9 Å². The van der Waals surface area contributed by atoms with Crippen molar-refractivity contribution in [2.45, 2.75) is 0 Å². The summed E-state index contributed by atoms with van der Waals surface area (Å²) < 4.78 is 44.7. The van der Waals surface area contributed by atoms with Crippen LogP contribution in [0.5, 0.6) is 0 Å². The predicted octanol–water partition coefficient (Wildman–Crippen LogP) is 2.84. The van der Waals surface area contributed by atoms with E-state index in [0.29, 0.717) is 10.7 Å². The van der Waals surface area contributed by atoms with Crippen molar-refractivity contribution in [2.75, 3.05) is 12.4 Å². The molecule has 1 aromatic carbocycles. The molecule has 0 saturated carbocycles. The summed E-state index contributed by atoms with van der Waals surface area (Å²) in [5, 5.41) is 12.0. The van der Waals surface area contributed by atoms with Crippen LogP contribution < -0.4 is 5.32 Å². The Morgan fingerprint density at radius 1 is 1.26 bits per heavy atom. The van der Waals surface area contributed by atoms with Gasteiger partial charge in [-0.05, 0) is 30.3 Å². The van der Waals surface area contributed by atoms with Gasteiger partial charge in [0.25, 0.3) is 5.91 Å². The first-order valence-electron chi connectivity index (χ1n) is 8.66. The van der Waals surface area contributed by atoms with Crippen LogP contribution in [-0.4, -0.2) is 46.2 Å². The third-order valence-corrected chi connectivity index (χ3v) is 6.96. The quantitative estimate of drug-likeness (QED) is 0.617. The number of thiophene rings is 1. The second-order valence-corrected chi connectivity index (χ2v) is 9.44. The molecule has 3 aromatic rings. The van der Waals surface area contributed by atoms with Gasteiger partial charge in [-0.25, -0.2) is 8.70 Å². The molecule has 0 bridgehead atoms. The molecule has 160 valence electrons. The molecule has 0 saturated heterocycles. The number of hydrogen-bond acceptors (Lipinski definition) is 6. The van der Waals surface area contributed by atoms with Crippen molar-refractivity contribution < 1.29 is 17.6 Å². The maximum Gasteiger partial charge on any atom is 0.345 e. The zero-order valence-corrected chi connectivity index (χ0v) is 18.5. The number of halogens is 2. The monoisotopic (exact) mass is 480 g/mol. The standard InChI is InChI=1S/C18H14ClFN6O3S2/c1-25-9-21-23-17(25)10-5-16(30-8-10)14-7-15(26(2)31(28,29)24-14)18(27)22-11-3-4-13(20)12(19)6-11/h3-9H,1-2H3,(H,22,27). The summed E-state index contributed by atoms with van der Waals surface area (Å²) in [4.78, 5) is 13.3. The summed E-state index contributed by atoms with van der Waals surface area (Å²) in [6, 6.07) is 5.37. The highest BCUT2D eigenvalue weighted by atomic mass is 35.5. The third kappa shape index (κ3) is 4.09. The molecule has 0 radical (unpaired) electrons. The Balaban J connectivity index is 1.67. The van der Waals surface area contributed by atoms with Crippen molar-refractivity contribution in [1.82, 2.24) is 19.1 Å². The van der Waals surface area contributed by atoms with Crippen molar-refractivity contribution in [3.05, 3.63) is 63.5 Å². The molecule has 9 nitrogen and oxygen atoms in total. The van der Waals surface area contributed by atoms with Gasteiger partial charge in [-0.15, -0.1) is 25.9 Å². The van der Waals surface area contributed by atoms with E-state index in [9.17, 15) is 17.6 Å². The number of nitrogens with zero attached hydrogens (tertiary/aromatic N) is 5. The van der Waals surface area contributed by atoms with E-state index in [4.69, 9.17) is 11.6 Å². The number of benzene rings is 1. The van der Waals surface area contributed by atoms with Gasteiger partial charge in [-0.3, -0.25) is 4.79 Å². The fourth-order valence-corrected chi connectivity index (χ4v) is 4.77. The van der Waals surface area contributed by atoms with Gasteiger partial charge in [0.2, 0.25) is 0 Å². The minimum Gasteiger partial charge on any atom is -0.321 e. The van der Waals surface area contributed by atoms with Crippen molar-refractivity contribution >= 4 is 50.5 Å². The molecule has 0 unspecified atom stereocenters. The van der Waals surface area contributed by atoms with Crippen LogP contribution in [-0.2, 0) is 22.1 Å². The topological polar surface area (TPSA) is 110 Å². The molecule has 1 aliphatic rings. The second kappa shape index (κ2) is 7.87. The molecule has 1 aliphatic heterocycles. The number of carbonyl (C=O) groups is 1. The first-order valence-corrected chi connectivity index (χ1v) is 11.3. The van der Waals surface area contributed by atoms with Crippen LogP contribution in [0.25, 0.3) is 11.4 Å². The highest BCUT2D eigenvalue weighted by Crippen LogP contribution is 2.28. The highest BCUT2D eigenvalue weighted by molar-refractivity contribution is 7.88. The fourth-order valence-electron chi connectivity index (χ4n) is 2.78. The number of aryl methyl sites for hydroxylation is 1. The van der Waals surface area contributed by atoms with Gasteiger partial charge in [-0.2, -0.15) is 8.42 Å². The molecule has 0 aliphatic carbocycles. The molecule has 0 atom stereocenters. The minimum atomic E-state index is -4.13.